The van der Waals surface area contributed by atoms with Crippen LogP contribution in [-0.2, 0) is 9.53 Å². The van der Waals surface area contributed by atoms with Crippen molar-refractivity contribution in [2.75, 3.05) is 33.4 Å². The predicted molar refractivity (Wildman–Crippen MR) is 87.4 cm³/mol. The molecule has 0 aliphatic carbocycles. The van der Waals surface area contributed by atoms with Gasteiger partial charge in [-0.2, -0.15) is 0 Å². The van der Waals surface area contributed by atoms with Crippen molar-refractivity contribution < 1.29 is 19.2 Å². The van der Waals surface area contributed by atoms with E-state index in [9.17, 15) is 14.9 Å². The largest absolute Gasteiger partial charge is 0.485 e. The topological polar surface area (TPSA) is 81.9 Å². The number of esters is 1. The number of rotatable bonds is 9. The molecule has 7 nitrogen and oxygen atoms in total. The number of hydrogen-bond acceptors (Lipinski definition) is 6. The fourth-order valence-corrected chi connectivity index (χ4v) is 1.96. The van der Waals surface area contributed by atoms with Crippen molar-refractivity contribution in [2.24, 2.45) is 0 Å². The van der Waals surface area contributed by atoms with Gasteiger partial charge in [-0.05, 0) is 30.8 Å². The van der Waals surface area contributed by atoms with Crippen LogP contribution in [0.2, 0.25) is 0 Å². The summed E-state index contributed by atoms with van der Waals surface area (Å²) in [7, 11) is 1.27. The van der Waals surface area contributed by atoms with Crippen LogP contribution in [0.1, 0.15) is 19.4 Å². The van der Waals surface area contributed by atoms with E-state index >= 15 is 0 Å². The van der Waals surface area contributed by atoms with Crippen LogP contribution in [0.4, 0.5) is 5.69 Å². The van der Waals surface area contributed by atoms with E-state index in [1.165, 1.54) is 31.4 Å². The number of nitrogens with zero attached hydrogens (tertiary/aromatic N) is 2. The van der Waals surface area contributed by atoms with E-state index in [0.717, 1.165) is 13.1 Å². The van der Waals surface area contributed by atoms with Gasteiger partial charge in [0.05, 0.1) is 12.0 Å². The molecule has 1 aromatic carbocycles. The second-order valence-electron chi connectivity index (χ2n) is 4.72. The molecule has 0 saturated carbocycles. The van der Waals surface area contributed by atoms with Crippen LogP contribution in [0, 0.1) is 10.1 Å². The van der Waals surface area contributed by atoms with Gasteiger partial charge in [0.2, 0.25) is 0 Å². The summed E-state index contributed by atoms with van der Waals surface area (Å²) in [5, 5.41) is 11.2. The molecular formula is C16H22N2O5. The van der Waals surface area contributed by atoms with E-state index in [2.05, 4.69) is 9.64 Å². The molecule has 23 heavy (non-hydrogen) atoms. The summed E-state index contributed by atoms with van der Waals surface area (Å²) < 4.78 is 10.0. The summed E-state index contributed by atoms with van der Waals surface area (Å²) in [5.74, 6) is -0.301. The molecule has 0 aliphatic rings. The van der Waals surface area contributed by atoms with Crippen molar-refractivity contribution in [3.8, 4) is 5.75 Å². The van der Waals surface area contributed by atoms with Gasteiger partial charge in [-0.3, -0.25) is 10.1 Å². The lowest BCUT2D eigenvalue weighted by Gasteiger charge is -2.17. The Morgan fingerprint density at radius 1 is 1.35 bits per heavy atom. The number of carbonyl (C=O) groups excluding carboxylic acids is 1. The van der Waals surface area contributed by atoms with E-state index in [-0.39, 0.29) is 11.4 Å². The van der Waals surface area contributed by atoms with Gasteiger partial charge in [0.15, 0.2) is 5.75 Å². The zero-order chi connectivity index (χ0) is 17.2. The van der Waals surface area contributed by atoms with E-state index in [0.29, 0.717) is 18.7 Å². The highest BCUT2D eigenvalue weighted by atomic mass is 16.6. The molecule has 0 fully saturated rings. The van der Waals surface area contributed by atoms with Gasteiger partial charge in [-0.15, -0.1) is 0 Å². The number of carbonyl (C=O) groups is 1. The summed E-state index contributed by atoms with van der Waals surface area (Å²) in [6.07, 6.45) is 2.67. The first-order chi connectivity index (χ1) is 11.0. The third-order valence-electron chi connectivity index (χ3n) is 3.35. The van der Waals surface area contributed by atoms with Crippen molar-refractivity contribution >= 4 is 17.7 Å². The molecule has 7 heteroatoms. The minimum Gasteiger partial charge on any atom is -0.485 e. The average molecular weight is 322 g/mol. The first-order valence-electron chi connectivity index (χ1n) is 7.41. The van der Waals surface area contributed by atoms with Gasteiger partial charge in [0.1, 0.15) is 6.61 Å². The van der Waals surface area contributed by atoms with Gasteiger partial charge in [-0.1, -0.05) is 19.9 Å². The number of methoxy groups -OCH3 is 1. The van der Waals surface area contributed by atoms with Crippen molar-refractivity contribution in [3.63, 3.8) is 0 Å². The molecule has 0 aliphatic heterocycles. The highest BCUT2D eigenvalue weighted by Crippen LogP contribution is 2.28. The van der Waals surface area contributed by atoms with E-state index in [4.69, 9.17) is 4.74 Å². The van der Waals surface area contributed by atoms with Crippen LogP contribution in [-0.4, -0.2) is 49.1 Å². The van der Waals surface area contributed by atoms with Crippen molar-refractivity contribution in [3.05, 3.63) is 40.0 Å². The Labute approximate surface area is 135 Å². The number of nitro groups is 1. The summed E-state index contributed by atoms with van der Waals surface area (Å²) >= 11 is 0. The molecule has 0 bridgehead atoms. The second kappa shape index (κ2) is 9.58. The zero-order valence-corrected chi connectivity index (χ0v) is 13.7. The lowest BCUT2D eigenvalue weighted by Crippen LogP contribution is -2.28. The van der Waals surface area contributed by atoms with E-state index < -0.39 is 10.9 Å². The maximum atomic E-state index is 11.2. The molecule has 0 N–H and O–H groups in total. The lowest BCUT2D eigenvalue weighted by molar-refractivity contribution is -0.385. The SMILES string of the molecule is CCN(CC)CCOc1ccc(/C=C/C(=O)OC)cc1[N+](=O)[O-]. The Morgan fingerprint density at radius 3 is 2.61 bits per heavy atom. The highest BCUT2D eigenvalue weighted by Gasteiger charge is 2.15. The van der Waals surface area contributed by atoms with Crippen LogP contribution in [0.5, 0.6) is 5.75 Å². The Kier molecular flexibility index (Phi) is 7.76. The quantitative estimate of drug-likeness (QED) is 0.301. The minimum absolute atomic E-state index is 0.128. The minimum atomic E-state index is -0.521. The van der Waals surface area contributed by atoms with E-state index in [1.54, 1.807) is 6.07 Å². The molecule has 0 atom stereocenters. The normalized spacial score (nSPS) is 11.0. The summed E-state index contributed by atoms with van der Waals surface area (Å²) in [4.78, 5) is 23.9. The van der Waals surface area contributed by atoms with Crippen LogP contribution in [0.25, 0.3) is 6.08 Å². The van der Waals surface area contributed by atoms with Gasteiger partial charge < -0.3 is 14.4 Å². The van der Waals surface area contributed by atoms with Gasteiger partial charge in [0, 0.05) is 18.7 Å². The Morgan fingerprint density at radius 2 is 2.04 bits per heavy atom. The third kappa shape index (κ3) is 6.07. The fourth-order valence-electron chi connectivity index (χ4n) is 1.96. The predicted octanol–water partition coefficient (Wildman–Crippen LogP) is 2.50. The fraction of sp³-hybridized carbons (Fsp3) is 0.438. The van der Waals surface area contributed by atoms with Gasteiger partial charge >= 0.3 is 11.7 Å². The molecular weight excluding hydrogens is 300 g/mol. The number of hydrogen-bond donors (Lipinski definition) is 0. The molecule has 1 aromatic rings. The lowest BCUT2D eigenvalue weighted by atomic mass is 10.1. The number of benzene rings is 1. The maximum Gasteiger partial charge on any atom is 0.330 e. The molecule has 0 saturated heterocycles. The number of ether oxygens (including phenoxy) is 2. The summed E-state index contributed by atoms with van der Waals surface area (Å²) in [6, 6.07) is 4.56. The second-order valence-corrected chi connectivity index (χ2v) is 4.72. The Balaban J connectivity index is 2.82. The van der Waals surface area contributed by atoms with Crippen LogP contribution in [0.3, 0.4) is 0 Å². The van der Waals surface area contributed by atoms with Crippen LogP contribution >= 0.6 is 0 Å². The van der Waals surface area contributed by atoms with Crippen LogP contribution < -0.4 is 4.74 Å². The first-order valence-corrected chi connectivity index (χ1v) is 7.41. The van der Waals surface area contributed by atoms with Gasteiger partial charge in [0.25, 0.3) is 0 Å². The molecule has 0 heterocycles. The average Bonchev–Trinajstić information content (AvgIpc) is 2.56. The monoisotopic (exact) mass is 322 g/mol. The van der Waals surface area contributed by atoms with Crippen molar-refractivity contribution in [1.82, 2.24) is 4.90 Å². The molecule has 0 amide bonds. The molecule has 1 rings (SSSR count). The first kappa shape index (κ1) is 18.6. The summed E-state index contributed by atoms with van der Waals surface area (Å²) in [6.45, 7) is 6.98. The molecule has 0 aromatic heterocycles. The Hall–Kier alpha value is -2.41. The molecule has 0 unspecified atom stereocenters. The number of likely N-dealkylation sites (N-methyl/N-ethyl adjacent to an activating group) is 1. The van der Waals surface area contributed by atoms with Crippen molar-refractivity contribution in [1.29, 1.82) is 0 Å². The number of nitro benzene ring substituents is 1. The standard InChI is InChI=1S/C16H22N2O5/c1-4-17(5-2)10-11-23-15-8-6-13(7-9-16(19)22-3)12-14(15)18(20)21/h6-9,12H,4-5,10-11H2,1-3H3/b9-7+. The Bertz CT molecular complexity index is 568. The highest BCUT2D eigenvalue weighted by molar-refractivity contribution is 5.87. The van der Waals surface area contributed by atoms with E-state index in [1.807, 2.05) is 13.8 Å². The maximum absolute atomic E-state index is 11.2. The third-order valence-corrected chi connectivity index (χ3v) is 3.35. The van der Waals surface area contributed by atoms with Crippen molar-refractivity contribution in [2.45, 2.75) is 13.8 Å². The van der Waals surface area contributed by atoms with Gasteiger partial charge in [-0.25, -0.2) is 4.79 Å². The summed E-state index contributed by atoms with van der Waals surface area (Å²) in [5.41, 5.74) is 0.398. The molecule has 0 radical (unpaired) electrons. The zero-order valence-electron chi connectivity index (χ0n) is 13.7. The van der Waals surface area contributed by atoms with Crippen LogP contribution in [0.15, 0.2) is 24.3 Å². The molecule has 126 valence electrons. The molecule has 0 spiro atoms. The smallest absolute Gasteiger partial charge is 0.330 e.